The molecule has 8 rings (SSSR count). The van der Waals surface area contributed by atoms with Gasteiger partial charge in [0, 0.05) is 63.2 Å². The van der Waals surface area contributed by atoms with Gasteiger partial charge in [-0.2, -0.15) is 0 Å². The number of aromatic hydroxyl groups is 1. The number of phenols is 1. The molecule has 2 heterocycles. The van der Waals surface area contributed by atoms with Crippen molar-refractivity contribution in [2.45, 2.75) is 111 Å². The maximum atomic E-state index is 12.1. The van der Waals surface area contributed by atoms with Gasteiger partial charge in [0.2, 0.25) is 0 Å². The van der Waals surface area contributed by atoms with E-state index in [4.69, 9.17) is 34.6 Å². The van der Waals surface area contributed by atoms with Crippen LogP contribution in [-0.4, -0.2) is 19.6 Å². The zero-order chi connectivity index (χ0) is 60.2. The molecule has 8 aromatic rings. The molecular weight excluding hydrogens is 962 g/mol. The first-order valence-electron chi connectivity index (χ1n) is 29.8. The van der Waals surface area contributed by atoms with Crippen LogP contribution < -0.4 is 0 Å². The van der Waals surface area contributed by atoms with Gasteiger partial charge >= 0.3 is 0 Å². The predicted molar refractivity (Wildman–Crippen MR) is 266 cm³/mol. The maximum Gasteiger partial charge on any atom is 0.148 e. The second-order valence-electron chi connectivity index (χ2n) is 18.4. The van der Waals surface area contributed by atoms with Gasteiger partial charge in [-0.15, -0.1) is 29.3 Å². The van der Waals surface area contributed by atoms with E-state index in [1.54, 1.807) is 60.2 Å². The van der Waals surface area contributed by atoms with Gasteiger partial charge in [-0.3, -0.25) is 9.55 Å². The van der Waals surface area contributed by atoms with Crippen molar-refractivity contribution in [3.05, 3.63) is 167 Å². The predicted octanol–water partition coefficient (Wildman–Crippen LogP) is 15.8. The second-order valence-corrected chi connectivity index (χ2v) is 18.4. The molecular formula is C59H62N3OPt-. The number of aryl methyl sites for hydroxylation is 1. The van der Waals surface area contributed by atoms with Gasteiger partial charge in [-0.1, -0.05) is 179 Å². The Bertz CT molecular complexity index is 3600. The van der Waals surface area contributed by atoms with Crippen LogP contribution in [0, 0.1) is 13.0 Å². The summed E-state index contributed by atoms with van der Waals surface area (Å²) in [6, 6.07) is 38.6. The van der Waals surface area contributed by atoms with Crippen LogP contribution in [0.2, 0.25) is 0 Å². The number of fused-ring (bicyclic) bond motifs is 1. The van der Waals surface area contributed by atoms with Crippen molar-refractivity contribution in [1.29, 1.82) is 0 Å². The molecule has 0 saturated carbocycles. The quantitative estimate of drug-likeness (QED) is 0.169. The summed E-state index contributed by atoms with van der Waals surface area (Å²) in [5.74, 6) is 0.185. The molecule has 0 aliphatic carbocycles. The van der Waals surface area contributed by atoms with E-state index in [1.165, 1.54) is 42.5 Å². The molecule has 0 amide bonds. The third-order valence-corrected chi connectivity index (χ3v) is 11.6. The summed E-state index contributed by atoms with van der Waals surface area (Å²) < 4.78 is 153. The standard InChI is InChI=1S/C59H62N3O.Pt/c1-37-30-45(58(8,9)10)36-49(54(37)63)55-61-53-47(20-17-21-52(53)62(55)51-27-26-44(57(5,6)7)35-48(51)39-18-15-14-16-19-39)41-31-42(33-46(32-41)59(11,12)13)50-34-40(28-29-60-50)38-22-24-43(25-23-38)56(2,3)4;/h14-30,32-36,63H,1-13H3;/q-1;/i2D3,3D3,4D3,5D3,6D3,7D3;. The van der Waals surface area contributed by atoms with Gasteiger partial charge in [0.05, 0.1) is 22.3 Å². The van der Waals surface area contributed by atoms with Crippen molar-refractivity contribution in [2.24, 2.45) is 0 Å². The van der Waals surface area contributed by atoms with Crippen molar-refractivity contribution in [3.63, 3.8) is 0 Å². The normalized spacial score (nSPS) is 17.7. The number of aromatic nitrogens is 3. The average molecular weight is 1040 g/mol. The Balaban J connectivity index is 0.00000968. The van der Waals surface area contributed by atoms with Crippen LogP contribution in [-0.2, 0) is 42.7 Å². The van der Waals surface area contributed by atoms with Crippen LogP contribution in [0.15, 0.2) is 134 Å². The molecule has 0 atom stereocenters. The molecule has 0 spiro atoms. The molecule has 0 fully saturated rings. The summed E-state index contributed by atoms with van der Waals surface area (Å²) in [7, 11) is 0. The Morgan fingerprint density at radius 1 is 0.547 bits per heavy atom. The van der Waals surface area contributed by atoms with E-state index >= 15 is 0 Å². The largest absolute Gasteiger partial charge is 0.507 e. The average Bonchev–Trinajstić information content (AvgIpc) is 1.71. The van der Waals surface area contributed by atoms with Crippen molar-refractivity contribution in [2.75, 3.05) is 0 Å². The third-order valence-electron chi connectivity index (χ3n) is 11.6. The number of hydrogen-bond acceptors (Lipinski definition) is 3. The molecule has 4 nitrogen and oxygen atoms in total. The summed E-state index contributed by atoms with van der Waals surface area (Å²) in [6.45, 7) is -6.86. The topological polar surface area (TPSA) is 50.9 Å². The molecule has 0 unspecified atom stereocenters. The van der Waals surface area contributed by atoms with Crippen LogP contribution in [0.4, 0.5) is 0 Å². The van der Waals surface area contributed by atoms with E-state index in [9.17, 15) is 5.11 Å². The third kappa shape index (κ3) is 9.18. The molecule has 330 valence electrons. The van der Waals surface area contributed by atoms with E-state index in [-0.39, 0.29) is 43.8 Å². The van der Waals surface area contributed by atoms with E-state index < -0.39 is 68.3 Å². The minimum absolute atomic E-state index is 0. The molecule has 64 heavy (non-hydrogen) atoms. The van der Waals surface area contributed by atoms with Gasteiger partial charge < -0.3 is 5.11 Å². The van der Waals surface area contributed by atoms with Crippen molar-refractivity contribution >= 4 is 11.0 Å². The zero-order valence-electron chi connectivity index (χ0n) is 54.8. The smallest absolute Gasteiger partial charge is 0.148 e. The van der Waals surface area contributed by atoms with Crippen LogP contribution in [0.25, 0.3) is 72.7 Å². The fourth-order valence-electron chi connectivity index (χ4n) is 7.89. The molecule has 0 radical (unpaired) electrons. The Labute approximate surface area is 421 Å². The fraction of sp³-hybridized carbons (Fsp3) is 0.288. The van der Waals surface area contributed by atoms with Crippen molar-refractivity contribution in [3.8, 4) is 67.5 Å². The van der Waals surface area contributed by atoms with Crippen LogP contribution in [0.3, 0.4) is 0 Å². The second kappa shape index (κ2) is 17.1. The number of rotatable bonds is 6. The van der Waals surface area contributed by atoms with Crippen LogP contribution >= 0.6 is 0 Å². The summed E-state index contributed by atoms with van der Waals surface area (Å²) in [4.78, 5) is 10.1. The number of hydrogen-bond donors (Lipinski definition) is 1. The van der Waals surface area contributed by atoms with E-state index in [2.05, 4.69) is 6.07 Å². The molecule has 0 bridgehead atoms. The number of benzene rings is 6. The van der Waals surface area contributed by atoms with Gasteiger partial charge in [0.25, 0.3) is 0 Å². The summed E-state index contributed by atoms with van der Waals surface area (Å²) in [6.07, 6.45) is 1.58. The van der Waals surface area contributed by atoms with Crippen molar-refractivity contribution < 1.29 is 50.8 Å². The van der Waals surface area contributed by atoms with Gasteiger partial charge in [-0.05, 0) is 97.9 Å². The Morgan fingerprint density at radius 3 is 1.84 bits per heavy atom. The number of para-hydroxylation sites is 1. The van der Waals surface area contributed by atoms with Gasteiger partial charge in [0.15, 0.2) is 0 Å². The van der Waals surface area contributed by atoms with Crippen LogP contribution in [0.5, 0.6) is 5.75 Å². The summed E-state index contributed by atoms with van der Waals surface area (Å²) >= 11 is 0. The molecule has 2 aromatic heterocycles. The summed E-state index contributed by atoms with van der Waals surface area (Å²) in [5.41, 5.74) is -0.127. The van der Waals surface area contributed by atoms with E-state index in [0.29, 0.717) is 66.9 Å². The number of phenolic OH excluding ortho intramolecular Hbond substituents is 1. The Kier molecular flexibility index (Phi) is 7.58. The molecule has 0 aliphatic heterocycles. The Hall–Kier alpha value is -5.57. The molecule has 0 aliphatic rings. The number of pyridine rings is 1. The molecule has 1 N–H and O–H groups in total. The number of imidazole rings is 1. The SMILES string of the molecule is [2H]C([2H])([2H])C(c1ccc(-c2ccnc(-c3[c-]c(-c4cccc5c4nc(-c4cc(C(C)(C)C)cc(C)c4O)n5-c4ccc(C(C([2H])([2H])[2H])(C([2H])([2H])[2H])C([2H])([2H])[2H])cc4-c4ccccc4)cc(C(C)(C)C)c3)c2)cc1)(C([2H])([2H])[2H])C([2H])([2H])[2H].[Pt]. The maximum absolute atomic E-state index is 12.1. The minimum Gasteiger partial charge on any atom is -0.507 e. The Morgan fingerprint density at radius 2 is 1.17 bits per heavy atom. The monoisotopic (exact) mass is 1040 g/mol. The van der Waals surface area contributed by atoms with Crippen LogP contribution in [0.1, 0.15) is 135 Å². The van der Waals surface area contributed by atoms with Gasteiger partial charge in [-0.25, -0.2) is 4.98 Å². The number of nitrogens with zero attached hydrogens (tertiary/aromatic N) is 3. The van der Waals surface area contributed by atoms with E-state index in [1.807, 2.05) is 84.0 Å². The first kappa shape index (κ1) is 28.4. The van der Waals surface area contributed by atoms with Crippen molar-refractivity contribution in [1.82, 2.24) is 14.5 Å². The summed E-state index contributed by atoms with van der Waals surface area (Å²) in [5, 5.41) is 12.1. The first-order valence-corrected chi connectivity index (χ1v) is 20.8. The molecule has 0 saturated heterocycles. The zero-order valence-corrected chi connectivity index (χ0v) is 39.1. The fourth-order valence-corrected chi connectivity index (χ4v) is 7.89. The molecule has 6 aromatic carbocycles. The first-order chi connectivity index (χ1) is 37.1. The van der Waals surface area contributed by atoms with Gasteiger partial charge in [0.1, 0.15) is 11.6 Å². The molecule has 5 heteroatoms. The minimum atomic E-state index is -3.54. The van der Waals surface area contributed by atoms with E-state index in [0.717, 1.165) is 11.1 Å².